The maximum atomic E-state index is 5.43. The molecule has 0 aliphatic carbocycles. The van der Waals surface area contributed by atoms with Crippen LogP contribution in [-0.4, -0.2) is 16.3 Å². The number of rotatable bonds is 7. The second-order valence-electron chi connectivity index (χ2n) is 3.30. The Balaban J connectivity index is 3.11. The molecule has 78 valence electrons. The molecule has 1 atom stereocenters. The van der Waals surface area contributed by atoms with Gasteiger partial charge in [-0.15, -0.1) is 0 Å². The van der Waals surface area contributed by atoms with E-state index in [2.05, 4.69) is 16.3 Å². The van der Waals surface area contributed by atoms with Crippen LogP contribution >= 0.6 is 21.6 Å². The van der Waals surface area contributed by atoms with Gasteiger partial charge in [0, 0.05) is 6.54 Å². The van der Waals surface area contributed by atoms with Crippen LogP contribution in [0.3, 0.4) is 0 Å². The minimum atomic E-state index is 0.471. The van der Waals surface area contributed by atoms with Crippen LogP contribution in [0.25, 0.3) is 0 Å². The first-order valence-electron chi connectivity index (χ1n) is 5.00. The number of hydrogen-bond acceptors (Lipinski definition) is 1. The van der Waals surface area contributed by atoms with Crippen molar-refractivity contribution in [1.29, 1.82) is 0 Å². The van der Waals surface area contributed by atoms with Crippen molar-refractivity contribution in [3.05, 3.63) is 0 Å². The molecule has 0 saturated heterocycles. The fraction of sp³-hybridized carbons (Fsp3) is 0.889. The molecule has 0 aromatic heterocycles. The van der Waals surface area contributed by atoms with Crippen LogP contribution in [0.5, 0.6) is 0 Å². The van der Waals surface area contributed by atoms with Crippen LogP contribution in [0.1, 0.15) is 45.4 Å². The van der Waals surface area contributed by atoms with E-state index in [0.717, 1.165) is 6.54 Å². The maximum absolute atomic E-state index is 5.43. The third-order valence-corrected chi connectivity index (χ3v) is 2.99. The van der Waals surface area contributed by atoms with Gasteiger partial charge in [0.05, 0.1) is 0 Å². The maximum Gasteiger partial charge on any atom is 0.169 e. The van der Waals surface area contributed by atoms with Gasteiger partial charge in [0.15, 0.2) is 5.11 Å². The molecule has 0 heterocycles. The Morgan fingerprint density at radius 3 is 2.31 bits per heavy atom. The molecule has 0 amide bonds. The van der Waals surface area contributed by atoms with E-state index in [9.17, 15) is 0 Å². The highest BCUT2D eigenvalue weighted by atomic mass is 32.1. The second-order valence-corrected chi connectivity index (χ2v) is 4.34. The largest absolute Gasteiger partial charge is 0.376 e. The van der Waals surface area contributed by atoms with Gasteiger partial charge in [0.25, 0.3) is 0 Å². The van der Waals surface area contributed by atoms with E-state index in [1.54, 1.807) is 0 Å². The van der Waals surface area contributed by atoms with Gasteiger partial charge in [-0.2, -0.15) is 0 Å². The summed E-state index contributed by atoms with van der Waals surface area (Å²) in [6.45, 7) is 3.20. The van der Waals surface area contributed by atoms with Crippen LogP contribution in [0, 0.1) is 0 Å². The van der Waals surface area contributed by atoms with Crippen LogP contribution in [0.2, 0.25) is 0 Å². The van der Waals surface area contributed by atoms with Gasteiger partial charge in [-0.05, 0) is 28.0 Å². The summed E-state index contributed by atoms with van der Waals surface area (Å²) in [4.78, 5) is 0. The minimum Gasteiger partial charge on any atom is -0.376 e. The number of hydrogen-bond donors (Lipinski definition) is 1. The lowest BCUT2D eigenvalue weighted by Crippen LogP contribution is -2.27. The summed E-state index contributed by atoms with van der Waals surface area (Å²) in [5, 5.41) is 0.471. The highest BCUT2D eigenvalue weighted by Crippen LogP contribution is 2.07. The quantitative estimate of drug-likeness (QED) is 0.406. The first kappa shape index (κ1) is 13.1. The standard InChI is InChI=1S/C9H21N2PS/c1-2-3-4-5-6-7-8-11(12)9(10)13/h2-8,12H2,1H3,(H2,10,13). The van der Waals surface area contributed by atoms with Crippen molar-refractivity contribution in [1.82, 2.24) is 4.67 Å². The number of nitrogens with two attached hydrogens (primary N) is 1. The minimum absolute atomic E-state index is 0.471. The second kappa shape index (κ2) is 8.71. The van der Waals surface area contributed by atoms with Gasteiger partial charge in [-0.25, -0.2) is 0 Å². The normalized spacial score (nSPS) is 10.0. The third kappa shape index (κ3) is 8.45. The van der Waals surface area contributed by atoms with Gasteiger partial charge >= 0.3 is 0 Å². The molecule has 0 saturated carbocycles. The molecule has 0 radical (unpaired) electrons. The van der Waals surface area contributed by atoms with Crippen molar-refractivity contribution in [3.63, 3.8) is 0 Å². The fourth-order valence-electron chi connectivity index (χ4n) is 1.17. The van der Waals surface area contributed by atoms with Crippen LogP contribution in [-0.2, 0) is 0 Å². The van der Waals surface area contributed by atoms with E-state index < -0.39 is 0 Å². The first-order chi connectivity index (χ1) is 6.18. The lowest BCUT2D eigenvalue weighted by molar-refractivity contribution is 0.557. The third-order valence-electron chi connectivity index (χ3n) is 2.04. The Bertz CT molecular complexity index is 142. The molecule has 0 spiro atoms. The Hall–Kier alpha value is 0.120. The van der Waals surface area contributed by atoms with E-state index in [4.69, 9.17) is 18.0 Å². The molecule has 2 nitrogen and oxygen atoms in total. The van der Waals surface area contributed by atoms with E-state index in [1.807, 2.05) is 4.67 Å². The molecule has 1 unspecified atom stereocenters. The number of unbranched alkanes of at least 4 members (excludes halogenated alkanes) is 5. The molecule has 0 rings (SSSR count). The molecule has 0 aromatic rings. The highest BCUT2D eigenvalue weighted by molar-refractivity contribution is 7.80. The Kier molecular flexibility index (Phi) is 8.79. The molecule has 0 aliphatic heterocycles. The monoisotopic (exact) mass is 220 g/mol. The lowest BCUT2D eigenvalue weighted by atomic mass is 10.1. The predicted molar refractivity (Wildman–Crippen MR) is 66.6 cm³/mol. The summed E-state index contributed by atoms with van der Waals surface area (Å²) >= 11 is 4.82. The highest BCUT2D eigenvalue weighted by Gasteiger charge is 1.97. The average molecular weight is 220 g/mol. The topological polar surface area (TPSA) is 29.3 Å². The molecule has 4 heteroatoms. The van der Waals surface area contributed by atoms with Crippen molar-refractivity contribution in [2.75, 3.05) is 6.54 Å². The molecule has 13 heavy (non-hydrogen) atoms. The molecule has 2 N–H and O–H groups in total. The van der Waals surface area contributed by atoms with Crippen LogP contribution in [0.4, 0.5) is 0 Å². The van der Waals surface area contributed by atoms with Crippen molar-refractivity contribution in [3.8, 4) is 0 Å². The zero-order valence-corrected chi connectivity index (χ0v) is 10.4. The molecule has 0 aliphatic rings. The zero-order valence-electron chi connectivity index (χ0n) is 8.46. The smallest absolute Gasteiger partial charge is 0.169 e. The Morgan fingerprint density at radius 1 is 1.23 bits per heavy atom. The van der Waals surface area contributed by atoms with Crippen LogP contribution in [0.15, 0.2) is 0 Å². The predicted octanol–water partition coefficient (Wildman–Crippen LogP) is 2.68. The Labute approximate surface area is 89.5 Å². The summed E-state index contributed by atoms with van der Waals surface area (Å²) in [6.07, 6.45) is 7.84. The van der Waals surface area contributed by atoms with E-state index in [1.165, 1.54) is 38.5 Å². The van der Waals surface area contributed by atoms with Crippen molar-refractivity contribution in [2.45, 2.75) is 45.4 Å². The zero-order chi connectivity index (χ0) is 10.1. The van der Waals surface area contributed by atoms with Gasteiger partial charge in [0.2, 0.25) is 0 Å². The van der Waals surface area contributed by atoms with E-state index >= 15 is 0 Å². The summed E-state index contributed by atoms with van der Waals surface area (Å²) in [5.74, 6) is 0. The summed E-state index contributed by atoms with van der Waals surface area (Å²) in [6, 6.07) is 0. The van der Waals surface area contributed by atoms with Crippen molar-refractivity contribution in [2.24, 2.45) is 5.73 Å². The van der Waals surface area contributed by atoms with E-state index in [-0.39, 0.29) is 0 Å². The molecule has 0 aromatic carbocycles. The van der Waals surface area contributed by atoms with Crippen LogP contribution < -0.4 is 5.73 Å². The van der Waals surface area contributed by atoms with Crippen molar-refractivity contribution < 1.29 is 0 Å². The Morgan fingerprint density at radius 2 is 1.77 bits per heavy atom. The van der Waals surface area contributed by atoms with E-state index in [0.29, 0.717) is 5.11 Å². The number of thiocarbonyl (C=S) groups is 1. The SMILES string of the molecule is CCCCCCCCN(P)C(N)=S. The molecule has 0 fully saturated rings. The summed E-state index contributed by atoms with van der Waals surface area (Å²) < 4.78 is 1.86. The van der Waals surface area contributed by atoms with Gasteiger partial charge in [-0.1, -0.05) is 39.0 Å². The molecule has 0 bridgehead atoms. The van der Waals surface area contributed by atoms with Gasteiger partial charge < -0.3 is 10.4 Å². The average Bonchev–Trinajstić information content (AvgIpc) is 2.10. The lowest BCUT2D eigenvalue weighted by Gasteiger charge is -2.15. The molecular formula is C9H21N2PS. The fourth-order valence-corrected chi connectivity index (χ4v) is 1.45. The first-order valence-corrected chi connectivity index (χ1v) is 5.92. The number of nitrogens with zero attached hydrogens (tertiary/aromatic N) is 1. The van der Waals surface area contributed by atoms with Gasteiger partial charge in [-0.3, -0.25) is 0 Å². The summed E-state index contributed by atoms with van der Waals surface area (Å²) in [7, 11) is 2.55. The molecular weight excluding hydrogens is 199 g/mol. The van der Waals surface area contributed by atoms with Gasteiger partial charge in [0.1, 0.15) is 0 Å². The van der Waals surface area contributed by atoms with Crippen molar-refractivity contribution >= 4 is 26.7 Å². The summed E-state index contributed by atoms with van der Waals surface area (Å²) in [5.41, 5.74) is 5.43.